The molecule has 2 rings (SSSR count). The van der Waals surface area contributed by atoms with Crippen LogP contribution in [0.4, 0.5) is 0 Å². The third-order valence-corrected chi connectivity index (χ3v) is 3.82. The van der Waals surface area contributed by atoms with Gasteiger partial charge in [0, 0.05) is 16.8 Å². The summed E-state index contributed by atoms with van der Waals surface area (Å²) < 4.78 is 0. The third kappa shape index (κ3) is 2.90. The first-order valence-electron chi connectivity index (χ1n) is 5.54. The van der Waals surface area contributed by atoms with Gasteiger partial charge in [-0.15, -0.1) is 11.8 Å². The van der Waals surface area contributed by atoms with Gasteiger partial charge >= 0.3 is 5.97 Å². The molecule has 0 aliphatic heterocycles. The topological polar surface area (TPSA) is 50.2 Å². The summed E-state index contributed by atoms with van der Waals surface area (Å²) in [5.74, 6) is -0.163. The zero-order valence-electron chi connectivity index (χ0n) is 9.96. The second-order valence-corrected chi connectivity index (χ2v) is 4.84. The SMILES string of the molecule is Cc1nccc(C(=O)O)c1SCc1ccccc1. The van der Waals surface area contributed by atoms with Crippen LogP contribution in [0.15, 0.2) is 47.5 Å². The summed E-state index contributed by atoms with van der Waals surface area (Å²) in [5.41, 5.74) is 2.25. The summed E-state index contributed by atoms with van der Waals surface area (Å²) in [6.45, 7) is 1.83. The average Bonchev–Trinajstić information content (AvgIpc) is 2.38. The number of aryl methyl sites for hydroxylation is 1. The van der Waals surface area contributed by atoms with Crippen LogP contribution in [-0.4, -0.2) is 16.1 Å². The lowest BCUT2D eigenvalue weighted by Crippen LogP contribution is -2.01. The van der Waals surface area contributed by atoms with Crippen molar-refractivity contribution in [1.29, 1.82) is 0 Å². The van der Waals surface area contributed by atoms with E-state index in [9.17, 15) is 4.79 Å². The lowest BCUT2D eigenvalue weighted by Gasteiger charge is -2.08. The molecule has 0 spiro atoms. The Kier molecular flexibility index (Phi) is 3.99. The van der Waals surface area contributed by atoms with E-state index in [2.05, 4.69) is 4.98 Å². The fourth-order valence-corrected chi connectivity index (χ4v) is 2.71. The van der Waals surface area contributed by atoms with Crippen molar-refractivity contribution in [1.82, 2.24) is 4.98 Å². The number of hydrogen-bond acceptors (Lipinski definition) is 3. The predicted octanol–water partition coefficient (Wildman–Crippen LogP) is 3.38. The Morgan fingerprint density at radius 3 is 2.67 bits per heavy atom. The summed E-state index contributed by atoms with van der Waals surface area (Å²) in [4.78, 5) is 16.0. The Morgan fingerprint density at radius 1 is 1.28 bits per heavy atom. The highest BCUT2D eigenvalue weighted by atomic mass is 32.2. The first kappa shape index (κ1) is 12.6. The maximum atomic E-state index is 11.1. The number of aromatic carboxylic acids is 1. The van der Waals surface area contributed by atoms with Gasteiger partial charge in [0.1, 0.15) is 0 Å². The van der Waals surface area contributed by atoms with Gasteiger partial charge in [0.25, 0.3) is 0 Å². The second kappa shape index (κ2) is 5.69. The number of rotatable bonds is 4. The van der Waals surface area contributed by atoms with Gasteiger partial charge in [0.05, 0.1) is 11.3 Å². The van der Waals surface area contributed by atoms with E-state index in [1.807, 2.05) is 37.3 Å². The summed E-state index contributed by atoms with van der Waals surface area (Å²) in [7, 11) is 0. The monoisotopic (exact) mass is 259 g/mol. The predicted molar refractivity (Wildman–Crippen MR) is 71.9 cm³/mol. The van der Waals surface area contributed by atoms with Gasteiger partial charge in [-0.05, 0) is 18.6 Å². The van der Waals surface area contributed by atoms with Crippen molar-refractivity contribution in [2.75, 3.05) is 0 Å². The Hall–Kier alpha value is -1.81. The Morgan fingerprint density at radius 2 is 2.00 bits per heavy atom. The van der Waals surface area contributed by atoms with Crippen LogP contribution in [0.3, 0.4) is 0 Å². The molecule has 0 amide bonds. The van der Waals surface area contributed by atoms with Gasteiger partial charge in [0.15, 0.2) is 0 Å². The molecule has 0 saturated heterocycles. The van der Waals surface area contributed by atoms with Gasteiger partial charge in [-0.1, -0.05) is 30.3 Å². The fraction of sp³-hybridized carbons (Fsp3) is 0.143. The van der Waals surface area contributed by atoms with E-state index in [0.29, 0.717) is 5.56 Å². The van der Waals surface area contributed by atoms with Crippen LogP contribution >= 0.6 is 11.8 Å². The van der Waals surface area contributed by atoms with Crippen molar-refractivity contribution in [2.24, 2.45) is 0 Å². The summed E-state index contributed by atoms with van der Waals surface area (Å²) in [6.07, 6.45) is 1.53. The summed E-state index contributed by atoms with van der Waals surface area (Å²) >= 11 is 1.51. The number of thioether (sulfide) groups is 1. The molecule has 0 bridgehead atoms. The Bertz CT molecular complexity index is 555. The molecule has 1 N–H and O–H groups in total. The quantitative estimate of drug-likeness (QED) is 0.855. The highest BCUT2D eigenvalue weighted by Gasteiger charge is 2.13. The molecule has 1 heterocycles. The molecule has 1 aromatic carbocycles. The number of carbonyl (C=O) groups is 1. The van der Waals surface area contributed by atoms with Crippen LogP contribution in [0.1, 0.15) is 21.6 Å². The number of hydrogen-bond donors (Lipinski definition) is 1. The zero-order valence-corrected chi connectivity index (χ0v) is 10.8. The summed E-state index contributed by atoms with van der Waals surface area (Å²) in [5, 5.41) is 9.15. The molecule has 0 aliphatic rings. The molecule has 0 unspecified atom stereocenters. The molecule has 0 aliphatic carbocycles. The lowest BCUT2D eigenvalue weighted by atomic mass is 10.2. The van der Waals surface area contributed by atoms with E-state index in [0.717, 1.165) is 16.3 Å². The van der Waals surface area contributed by atoms with Crippen LogP contribution in [0, 0.1) is 6.92 Å². The minimum Gasteiger partial charge on any atom is -0.478 e. The molecule has 0 atom stereocenters. The molecule has 1 aromatic heterocycles. The van der Waals surface area contributed by atoms with E-state index in [1.165, 1.54) is 23.5 Å². The van der Waals surface area contributed by atoms with Gasteiger partial charge in [-0.2, -0.15) is 0 Å². The van der Waals surface area contributed by atoms with Crippen LogP contribution in [0.5, 0.6) is 0 Å². The van der Waals surface area contributed by atoms with Gasteiger partial charge in [-0.25, -0.2) is 4.79 Å². The molecule has 3 nitrogen and oxygen atoms in total. The van der Waals surface area contributed by atoms with Crippen LogP contribution in [0.25, 0.3) is 0 Å². The Labute approximate surface area is 110 Å². The molecule has 0 saturated carbocycles. The first-order chi connectivity index (χ1) is 8.68. The number of benzene rings is 1. The largest absolute Gasteiger partial charge is 0.478 e. The van der Waals surface area contributed by atoms with Crippen molar-refractivity contribution in [2.45, 2.75) is 17.6 Å². The molecule has 92 valence electrons. The smallest absolute Gasteiger partial charge is 0.336 e. The molecular formula is C14H13NO2S. The molecule has 0 radical (unpaired) electrons. The van der Waals surface area contributed by atoms with Gasteiger partial charge < -0.3 is 5.11 Å². The van der Waals surface area contributed by atoms with Gasteiger partial charge in [-0.3, -0.25) is 4.98 Å². The van der Waals surface area contributed by atoms with E-state index in [1.54, 1.807) is 6.07 Å². The van der Waals surface area contributed by atoms with Crippen LogP contribution < -0.4 is 0 Å². The van der Waals surface area contributed by atoms with Crippen LogP contribution in [-0.2, 0) is 5.75 Å². The number of aromatic nitrogens is 1. The second-order valence-electron chi connectivity index (χ2n) is 3.85. The van der Waals surface area contributed by atoms with E-state index in [4.69, 9.17) is 5.11 Å². The van der Waals surface area contributed by atoms with Crippen molar-refractivity contribution in [3.63, 3.8) is 0 Å². The highest BCUT2D eigenvalue weighted by Crippen LogP contribution is 2.28. The van der Waals surface area contributed by atoms with E-state index < -0.39 is 5.97 Å². The van der Waals surface area contributed by atoms with Crippen molar-refractivity contribution < 1.29 is 9.90 Å². The summed E-state index contributed by atoms with van der Waals surface area (Å²) in [6, 6.07) is 11.5. The van der Waals surface area contributed by atoms with Crippen LogP contribution in [0.2, 0.25) is 0 Å². The normalized spacial score (nSPS) is 10.3. The number of pyridine rings is 1. The Balaban J connectivity index is 2.21. The van der Waals surface area contributed by atoms with Crippen molar-refractivity contribution in [3.8, 4) is 0 Å². The maximum absolute atomic E-state index is 11.1. The van der Waals surface area contributed by atoms with Crippen molar-refractivity contribution >= 4 is 17.7 Å². The van der Waals surface area contributed by atoms with E-state index in [-0.39, 0.29) is 0 Å². The number of nitrogens with zero attached hydrogens (tertiary/aromatic N) is 1. The highest BCUT2D eigenvalue weighted by molar-refractivity contribution is 7.98. The standard InChI is InChI=1S/C14H13NO2S/c1-10-13(12(14(16)17)7-8-15-10)18-9-11-5-3-2-4-6-11/h2-8H,9H2,1H3,(H,16,17). The zero-order chi connectivity index (χ0) is 13.0. The minimum absolute atomic E-state index is 0.323. The molecule has 2 aromatic rings. The molecule has 0 fully saturated rings. The number of carboxylic acid groups (broad SMARTS) is 1. The first-order valence-corrected chi connectivity index (χ1v) is 6.52. The third-order valence-electron chi connectivity index (χ3n) is 2.54. The fourth-order valence-electron chi connectivity index (χ4n) is 1.63. The molecule has 18 heavy (non-hydrogen) atoms. The molecule has 4 heteroatoms. The minimum atomic E-state index is -0.906. The average molecular weight is 259 g/mol. The lowest BCUT2D eigenvalue weighted by molar-refractivity contribution is 0.0692. The number of carboxylic acids is 1. The maximum Gasteiger partial charge on any atom is 0.336 e. The molecular weight excluding hydrogens is 246 g/mol. The van der Waals surface area contributed by atoms with Gasteiger partial charge in [0.2, 0.25) is 0 Å². The van der Waals surface area contributed by atoms with Crippen molar-refractivity contribution in [3.05, 3.63) is 59.4 Å². The van der Waals surface area contributed by atoms with E-state index >= 15 is 0 Å².